The Bertz CT molecular complexity index is 613. The highest BCUT2D eigenvalue weighted by molar-refractivity contribution is 8.00. The molecule has 2 aromatic rings. The van der Waals surface area contributed by atoms with E-state index in [9.17, 15) is 9.59 Å². The number of carbonyl (C=O) groups excluding carboxylic acids is 1. The number of carboxylic acids is 1. The molecule has 0 atom stereocenters. The summed E-state index contributed by atoms with van der Waals surface area (Å²) in [5.74, 6) is -0.558. The van der Waals surface area contributed by atoms with Crippen LogP contribution in [0.3, 0.4) is 0 Å². The van der Waals surface area contributed by atoms with E-state index in [1.54, 1.807) is 16.9 Å². The Morgan fingerprint density at radius 3 is 2.67 bits per heavy atom. The lowest BCUT2D eigenvalue weighted by Crippen LogP contribution is -2.18. The van der Waals surface area contributed by atoms with Crippen LogP contribution < -0.4 is 5.32 Å². The summed E-state index contributed by atoms with van der Waals surface area (Å²) in [4.78, 5) is 22.1. The van der Waals surface area contributed by atoms with Crippen molar-refractivity contribution >= 4 is 29.5 Å². The van der Waals surface area contributed by atoms with Gasteiger partial charge in [0.1, 0.15) is 5.82 Å². The topological polar surface area (TPSA) is 84.2 Å². The normalized spacial score (nSPS) is 10.3. The van der Waals surface area contributed by atoms with E-state index in [4.69, 9.17) is 5.11 Å². The van der Waals surface area contributed by atoms with Gasteiger partial charge in [0.25, 0.3) is 0 Å². The van der Waals surface area contributed by atoms with Crippen molar-refractivity contribution in [1.82, 2.24) is 9.78 Å². The van der Waals surface area contributed by atoms with Crippen LogP contribution in [0.25, 0.3) is 0 Å². The maximum absolute atomic E-state index is 11.7. The average molecular weight is 305 g/mol. The first kappa shape index (κ1) is 15.1. The third kappa shape index (κ3) is 4.96. The molecule has 0 unspecified atom stereocenters. The van der Waals surface area contributed by atoms with Crippen molar-refractivity contribution in [2.45, 2.75) is 6.54 Å². The SMILES string of the molecule is O=C(O)CSCC(=O)Nc1ccnn1Cc1ccccc1. The standard InChI is InChI=1S/C14H15N3O3S/c18-13(9-21-10-14(19)20)16-12-6-7-15-17(12)8-11-4-2-1-3-5-11/h1-7H,8-10H2,(H,16,18)(H,19,20). The lowest BCUT2D eigenvalue weighted by Gasteiger charge is -2.08. The number of rotatable bonds is 7. The van der Waals surface area contributed by atoms with Gasteiger partial charge in [0.2, 0.25) is 5.91 Å². The van der Waals surface area contributed by atoms with Crippen molar-refractivity contribution in [3.8, 4) is 0 Å². The van der Waals surface area contributed by atoms with Crippen molar-refractivity contribution in [3.05, 3.63) is 48.2 Å². The van der Waals surface area contributed by atoms with Gasteiger partial charge in [-0.2, -0.15) is 5.10 Å². The monoisotopic (exact) mass is 305 g/mol. The number of aliphatic carboxylic acids is 1. The summed E-state index contributed by atoms with van der Waals surface area (Å²) < 4.78 is 1.69. The molecule has 21 heavy (non-hydrogen) atoms. The zero-order chi connectivity index (χ0) is 15.1. The molecule has 6 nitrogen and oxygen atoms in total. The Morgan fingerprint density at radius 1 is 1.19 bits per heavy atom. The van der Waals surface area contributed by atoms with Crippen LogP contribution in [0.1, 0.15) is 5.56 Å². The fraction of sp³-hybridized carbons (Fsp3) is 0.214. The van der Waals surface area contributed by atoms with Gasteiger partial charge in [0.05, 0.1) is 24.2 Å². The molecule has 0 aliphatic rings. The van der Waals surface area contributed by atoms with Crippen LogP contribution in [0.2, 0.25) is 0 Å². The minimum atomic E-state index is -0.929. The van der Waals surface area contributed by atoms with Gasteiger partial charge in [-0.3, -0.25) is 9.59 Å². The van der Waals surface area contributed by atoms with E-state index in [1.807, 2.05) is 30.3 Å². The van der Waals surface area contributed by atoms with E-state index < -0.39 is 5.97 Å². The summed E-state index contributed by atoms with van der Waals surface area (Å²) in [6, 6.07) is 11.5. The number of benzene rings is 1. The summed E-state index contributed by atoms with van der Waals surface area (Å²) in [5, 5.41) is 15.4. The van der Waals surface area contributed by atoms with Gasteiger partial charge in [-0.25, -0.2) is 4.68 Å². The maximum atomic E-state index is 11.7. The number of nitrogens with one attached hydrogen (secondary N) is 1. The molecule has 0 saturated carbocycles. The number of carboxylic acid groups (broad SMARTS) is 1. The van der Waals surface area contributed by atoms with Crippen molar-refractivity contribution in [1.29, 1.82) is 0 Å². The van der Waals surface area contributed by atoms with Gasteiger partial charge in [-0.1, -0.05) is 30.3 Å². The van der Waals surface area contributed by atoms with E-state index in [1.165, 1.54) is 0 Å². The van der Waals surface area contributed by atoms with Crippen LogP contribution in [-0.4, -0.2) is 38.3 Å². The second-order valence-electron chi connectivity index (χ2n) is 4.29. The quantitative estimate of drug-likeness (QED) is 0.813. The second kappa shape index (κ2) is 7.49. The van der Waals surface area contributed by atoms with Crippen LogP contribution in [0, 0.1) is 0 Å². The van der Waals surface area contributed by atoms with Crippen molar-refractivity contribution in [3.63, 3.8) is 0 Å². The molecule has 7 heteroatoms. The van der Waals surface area contributed by atoms with Crippen molar-refractivity contribution in [2.24, 2.45) is 0 Å². The van der Waals surface area contributed by atoms with Gasteiger partial charge in [-0.15, -0.1) is 11.8 Å². The first-order chi connectivity index (χ1) is 10.1. The molecule has 1 heterocycles. The third-order valence-corrected chi connectivity index (χ3v) is 3.54. The fourth-order valence-electron chi connectivity index (χ4n) is 1.73. The molecule has 0 fully saturated rings. The minimum Gasteiger partial charge on any atom is -0.481 e. The predicted molar refractivity (Wildman–Crippen MR) is 81.4 cm³/mol. The smallest absolute Gasteiger partial charge is 0.313 e. The zero-order valence-corrected chi connectivity index (χ0v) is 12.0. The molecule has 0 saturated heterocycles. The number of thioether (sulfide) groups is 1. The second-order valence-corrected chi connectivity index (χ2v) is 5.28. The Kier molecular flexibility index (Phi) is 5.39. The molecule has 1 amide bonds. The molecule has 0 aliphatic heterocycles. The molecule has 0 bridgehead atoms. The first-order valence-electron chi connectivity index (χ1n) is 6.30. The Balaban J connectivity index is 1.91. The van der Waals surface area contributed by atoms with Gasteiger partial charge < -0.3 is 10.4 Å². The van der Waals surface area contributed by atoms with E-state index in [0.717, 1.165) is 17.3 Å². The van der Waals surface area contributed by atoms with Crippen molar-refractivity contribution < 1.29 is 14.7 Å². The fourth-order valence-corrected chi connectivity index (χ4v) is 2.27. The summed E-state index contributed by atoms with van der Waals surface area (Å²) >= 11 is 1.06. The molecule has 1 aromatic heterocycles. The third-order valence-electron chi connectivity index (χ3n) is 2.62. The largest absolute Gasteiger partial charge is 0.481 e. The van der Waals surface area contributed by atoms with Gasteiger partial charge >= 0.3 is 5.97 Å². The predicted octanol–water partition coefficient (Wildman–Crippen LogP) is 1.69. The van der Waals surface area contributed by atoms with Gasteiger partial charge in [-0.05, 0) is 5.56 Å². The number of anilines is 1. The lowest BCUT2D eigenvalue weighted by molar-refractivity contribution is -0.133. The highest BCUT2D eigenvalue weighted by atomic mass is 32.2. The van der Waals surface area contributed by atoms with E-state index in [-0.39, 0.29) is 17.4 Å². The number of aromatic nitrogens is 2. The van der Waals surface area contributed by atoms with Gasteiger partial charge in [0, 0.05) is 6.07 Å². The molecular formula is C14H15N3O3S. The zero-order valence-electron chi connectivity index (χ0n) is 11.2. The number of amides is 1. The number of carbonyl (C=O) groups is 2. The Hall–Kier alpha value is -2.28. The molecule has 110 valence electrons. The first-order valence-corrected chi connectivity index (χ1v) is 7.46. The van der Waals surface area contributed by atoms with Crippen LogP contribution >= 0.6 is 11.8 Å². The van der Waals surface area contributed by atoms with Crippen LogP contribution in [-0.2, 0) is 16.1 Å². The summed E-state index contributed by atoms with van der Waals surface area (Å²) in [6.45, 7) is 0.561. The van der Waals surface area contributed by atoms with E-state index in [2.05, 4.69) is 10.4 Å². The summed E-state index contributed by atoms with van der Waals surface area (Å²) in [5.41, 5.74) is 1.08. The van der Waals surface area contributed by atoms with Gasteiger partial charge in [0.15, 0.2) is 0 Å². The molecule has 0 aliphatic carbocycles. The lowest BCUT2D eigenvalue weighted by atomic mass is 10.2. The summed E-state index contributed by atoms with van der Waals surface area (Å²) in [7, 11) is 0. The highest BCUT2D eigenvalue weighted by Crippen LogP contribution is 2.11. The van der Waals surface area contributed by atoms with Crippen LogP contribution in [0.4, 0.5) is 5.82 Å². The molecule has 0 radical (unpaired) electrons. The molecule has 2 N–H and O–H groups in total. The highest BCUT2D eigenvalue weighted by Gasteiger charge is 2.08. The number of hydrogen-bond donors (Lipinski definition) is 2. The Morgan fingerprint density at radius 2 is 1.95 bits per heavy atom. The minimum absolute atomic E-state index is 0.0866. The molecular weight excluding hydrogens is 290 g/mol. The van der Waals surface area contributed by atoms with Crippen LogP contribution in [0.15, 0.2) is 42.6 Å². The number of hydrogen-bond acceptors (Lipinski definition) is 4. The number of nitrogens with zero attached hydrogens (tertiary/aromatic N) is 2. The molecule has 2 rings (SSSR count). The average Bonchev–Trinajstić information content (AvgIpc) is 2.86. The van der Waals surface area contributed by atoms with Crippen molar-refractivity contribution in [2.75, 3.05) is 16.8 Å². The van der Waals surface area contributed by atoms with E-state index >= 15 is 0 Å². The molecule has 0 spiro atoms. The van der Waals surface area contributed by atoms with E-state index in [0.29, 0.717) is 12.4 Å². The molecule has 1 aromatic carbocycles. The Labute approximate surface area is 126 Å². The maximum Gasteiger partial charge on any atom is 0.313 e. The summed E-state index contributed by atoms with van der Waals surface area (Å²) in [6.07, 6.45) is 1.61. The van der Waals surface area contributed by atoms with Crippen LogP contribution in [0.5, 0.6) is 0 Å².